The molecular formula is C15H23N. The van der Waals surface area contributed by atoms with E-state index in [4.69, 9.17) is 5.73 Å². The van der Waals surface area contributed by atoms with Gasteiger partial charge in [0, 0.05) is 0 Å². The molecule has 0 aromatic heterocycles. The molecule has 2 rings (SSSR count). The van der Waals surface area contributed by atoms with Crippen LogP contribution in [0.5, 0.6) is 0 Å². The van der Waals surface area contributed by atoms with E-state index in [1.54, 1.807) is 0 Å². The third-order valence-corrected chi connectivity index (χ3v) is 3.67. The summed E-state index contributed by atoms with van der Waals surface area (Å²) in [6, 6.07) is 9.00. The molecule has 16 heavy (non-hydrogen) atoms. The van der Waals surface area contributed by atoms with Crippen LogP contribution in [-0.4, -0.2) is 6.54 Å². The summed E-state index contributed by atoms with van der Waals surface area (Å²) in [7, 11) is 0. The molecule has 1 fully saturated rings. The Morgan fingerprint density at radius 3 is 2.56 bits per heavy atom. The minimum absolute atomic E-state index is 0.757. The lowest BCUT2D eigenvalue weighted by molar-refractivity contribution is 0.356. The molecule has 0 saturated heterocycles. The zero-order valence-corrected chi connectivity index (χ0v) is 10.1. The molecule has 0 heterocycles. The van der Waals surface area contributed by atoms with Crippen LogP contribution in [-0.2, 0) is 12.8 Å². The second-order valence-electron chi connectivity index (χ2n) is 5.07. The van der Waals surface area contributed by atoms with E-state index >= 15 is 0 Å². The zero-order chi connectivity index (χ0) is 11.2. The lowest BCUT2D eigenvalue weighted by atomic mass is 9.84. The molecule has 1 heteroatoms. The summed E-state index contributed by atoms with van der Waals surface area (Å²) in [6.45, 7) is 0.757. The molecule has 1 nitrogen and oxygen atoms in total. The predicted octanol–water partition coefficient (Wildman–Crippen LogP) is 3.31. The third-order valence-electron chi connectivity index (χ3n) is 3.67. The van der Waals surface area contributed by atoms with Gasteiger partial charge < -0.3 is 5.73 Å². The van der Waals surface area contributed by atoms with Crippen molar-refractivity contribution in [1.29, 1.82) is 0 Å². The molecule has 0 amide bonds. The van der Waals surface area contributed by atoms with Gasteiger partial charge in [0.05, 0.1) is 0 Å². The molecule has 0 aliphatic heterocycles. The SMILES string of the molecule is NCCc1cccc(CC2CCCCC2)c1. The van der Waals surface area contributed by atoms with E-state index in [0.717, 1.165) is 18.9 Å². The zero-order valence-electron chi connectivity index (χ0n) is 10.1. The van der Waals surface area contributed by atoms with E-state index in [1.807, 2.05) is 0 Å². The molecule has 1 aromatic carbocycles. The highest BCUT2D eigenvalue weighted by Crippen LogP contribution is 2.26. The fourth-order valence-electron chi connectivity index (χ4n) is 2.80. The van der Waals surface area contributed by atoms with E-state index in [-0.39, 0.29) is 0 Å². The van der Waals surface area contributed by atoms with Gasteiger partial charge in [-0.25, -0.2) is 0 Å². The summed E-state index contributed by atoms with van der Waals surface area (Å²) in [5.41, 5.74) is 8.51. The average molecular weight is 217 g/mol. The average Bonchev–Trinajstić information content (AvgIpc) is 2.31. The molecule has 0 unspecified atom stereocenters. The van der Waals surface area contributed by atoms with Crippen molar-refractivity contribution in [3.63, 3.8) is 0 Å². The highest BCUT2D eigenvalue weighted by atomic mass is 14.5. The summed E-state index contributed by atoms with van der Waals surface area (Å²) in [5, 5.41) is 0. The summed E-state index contributed by atoms with van der Waals surface area (Å²) in [5.74, 6) is 0.932. The first kappa shape index (κ1) is 11.7. The molecule has 1 saturated carbocycles. The summed E-state index contributed by atoms with van der Waals surface area (Å²) in [4.78, 5) is 0. The van der Waals surface area contributed by atoms with Gasteiger partial charge in [-0.3, -0.25) is 0 Å². The van der Waals surface area contributed by atoms with E-state index in [1.165, 1.54) is 49.7 Å². The van der Waals surface area contributed by atoms with E-state index in [9.17, 15) is 0 Å². The quantitative estimate of drug-likeness (QED) is 0.822. The molecule has 0 spiro atoms. The van der Waals surface area contributed by atoms with Gasteiger partial charge in [0.25, 0.3) is 0 Å². The van der Waals surface area contributed by atoms with Crippen LogP contribution in [0.15, 0.2) is 24.3 Å². The fraction of sp³-hybridized carbons (Fsp3) is 0.600. The second-order valence-corrected chi connectivity index (χ2v) is 5.07. The Labute approximate surface area is 99.0 Å². The Kier molecular flexibility index (Phi) is 4.41. The number of benzene rings is 1. The van der Waals surface area contributed by atoms with Crippen molar-refractivity contribution < 1.29 is 0 Å². The second kappa shape index (κ2) is 6.05. The van der Waals surface area contributed by atoms with Crippen molar-refractivity contribution in [2.45, 2.75) is 44.9 Å². The van der Waals surface area contributed by atoms with Crippen molar-refractivity contribution in [3.8, 4) is 0 Å². The highest BCUT2D eigenvalue weighted by molar-refractivity contribution is 5.24. The molecule has 2 N–H and O–H groups in total. The standard InChI is InChI=1S/C15H23N/c16-10-9-14-7-4-8-15(12-14)11-13-5-2-1-3-6-13/h4,7-8,12-13H,1-3,5-6,9-11,16H2. The van der Waals surface area contributed by atoms with Crippen LogP contribution in [0, 0.1) is 5.92 Å². The lowest BCUT2D eigenvalue weighted by Gasteiger charge is -2.21. The monoisotopic (exact) mass is 217 g/mol. The van der Waals surface area contributed by atoms with Crippen molar-refractivity contribution in [2.75, 3.05) is 6.54 Å². The van der Waals surface area contributed by atoms with E-state index < -0.39 is 0 Å². The number of hydrogen-bond donors (Lipinski definition) is 1. The van der Waals surface area contributed by atoms with Crippen molar-refractivity contribution in [1.82, 2.24) is 0 Å². The summed E-state index contributed by atoms with van der Waals surface area (Å²) >= 11 is 0. The van der Waals surface area contributed by atoms with Gasteiger partial charge in [-0.1, -0.05) is 56.4 Å². The maximum absolute atomic E-state index is 5.59. The molecular weight excluding hydrogens is 194 g/mol. The Morgan fingerprint density at radius 2 is 1.81 bits per heavy atom. The molecule has 1 aliphatic rings. The van der Waals surface area contributed by atoms with Gasteiger partial charge in [0.1, 0.15) is 0 Å². The Hall–Kier alpha value is -0.820. The topological polar surface area (TPSA) is 26.0 Å². The smallest absolute Gasteiger partial charge is 0.00367 e. The van der Waals surface area contributed by atoms with Crippen LogP contribution in [0.2, 0.25) is 0 Å². The Balaban J connectivity index is 1.94. The van der Waals surface area contributed by atoms with Crippen LogP contribution in [0.4, 0.5) is 0 Å². The molecule has 88 valence electrons. The minimum Gasteiger partial charge on any atom is -0.330 e. The lowest BCUT2D eigenvalue weighted by Crippen LogP contribution is -2.09. The maximum Gasteiger partial charge on any atom is -0.00367 e. The first-order valence-corrected chi connectivity index (χ1v) is 6.66. The van der Waals surface area contributed by atoms with Crippen LogP contribution in [0.25, 0.3) is 0 Å². The van der Waals surface area contributed by atoms with Gasteiger partial charge >= 0.3 is 0 Å². The normalized spacial score (nSPS) is 17.6. The Morgan fingerprint density at radius 1 is 1.06 bits per heavy atom. The van der Waals surface area contributed by atoms with Crippen LogP contribution in [0.1, 0.15) is 43.2 Å². The number of rotatable bonds is 4. The first-order valence-electron chi connectivity index (χ1n) is 6.66. The van der Waals surface area contributed by atoms with Crippen LogP contribution >= 0.6 is 0 Å². The van der Waals surface area contributed by atoms with Gasteiger partial charge in [0.15, 0.2) is 0 Å². The van der Waals surface area contributed by atoms with Crippen LogP contribution < -0.4 is 5.73 Å². The minimum atomic E-state index is 0.757. The number of hydrogen-bond acceptors (Lipinski definition) is 1. The highest BCUT2D eigenvalue weighted by Gasteiger charge is 2.13. The van der Waals surface area contributed by atoms with Gasteiger partial charge in [-0.15, -0.1) is 0 Å². The fourth-order valence-corrected chi connectivity index (χ4v) is 2.80. The van der Waals surface area contributed by atoms with Gasteiger partial charge in [0.2, 0.25) is 0 Å². The summed E-state index contributed by atoms with van der Waals surface area (Å²) < 4.78 is 0. The molecule has 0 radical (unpaired) electrons. The van der Waals surface area contributed by atoms with Crippen molar-refractivity contribution >= 4 is 0 Å². The van der Waals surface area contributed by atoms with Crippen molar-refractivity contribution in [2.24, 2.45) is 11.7 Å². The molecule has 0 atom stereocenters. The third kappa shape index (κ3) is 3.34. The molecule has 0 bridgehead atoms. The van der Waals surface area contributed by atoms with Crippen molar-refractivity contribution in [3.05, 3.63) is 35.4 Å². The van der Waals surface area contributed by atoms with Gasteiger partial charge in [-0.05, 0) is 36.4 Å². The van der Waals surface area contributed by atoms with Crippen LogP contribution in [0.3, 0.4) is 0 Å². The van der Waals surface area contributed by atoms with Gasteiger partial charge in [-0.2, -0.15) is 0 Å². The van der Waals surface area contributed by atoms with E-state index in [0.29, 0.717) is 0 Å². The summed E-state index contributed by atoms with van der Waals surface area (Å²) in [6.07, 6.45) is 9.48. The maximum atomic E-state index is 5.59. The molecule has 1 aromatic rings. The molecule has 1 aliphatic carbocycles. The van der Waals surface area contributed by atoms with E-state index in [2.05, 4.69) is 24.3 Å². The first-order chi connectivity index (χ1) is 7.88. The number of nitrogens with two attached hydrogens (primary N) is 1. The Bertz CT molecular complexity index is 313. The predicted molar refractivity (Wildman–Crippen MR) is 69.5 cm³/mol. The largest absolute Gasteiger partial charge is 0.330 e.